The second-order valence-electron chi connectivity index (χ2n) is 8.87. The molecule has 1 aromatic carbocycles. The number of anilines is 1. The monoisotopic (exact) mass is 369 g/mol. The summed E-state index contributed by atoms with van der Waals surface area (Å²) in [5, 5.41) is 2.75. The first-order valence-electron chi connectivity index (χ1n) is 9.97. The SMILES string of the molecule is CC(=O)c1cccc(NC(=O)[C@@H](C)OC(=O)C23CC4CC(CC(C4)C2)C3)c1. The third kappa shape index (κ3) is 3.52. The Morgan fingerprint density at radius 1 is 1.07 bits per heavy atom. The predicted octanol–water partition coefficient (Wildman–Crippen LogP) is 3.98. The van der Waals surface area contributed by atoms with Crippen LogP contribution in [-0.2, 0) is 14.3 Å². The second kappa shape index (κ2) is 6.77. The molecule has 4 bridgehead atoms. The standard InChI is InChI=1S/C22H27NO4/c1-13(24)18-4-3-5-19(9-18)23-20(25)14(2)27-21(26)22-10-15-6-16(11-22)8-17(7-15)12-22/h3-5,9,14-17H,6-8,10-12H2,1-2H3,(H,23,25)/t14-,15?,16?,17?,22?/m1/s1. The summed E-state index contributed by atoms with van der Waals surface area (Å²) in [5.41, 5.74) is 0.703. The lowest BCUT2D eigenvalue weighted by Gasteiger charge is -2.55. The molecule has 4 aliphatic rings. The van der Waals surface area contributed by atoms with Crippen LogP contribution in [0, 0.1) is 23.2 Å². The molecule has 27 heavy (non-hydrogen) atoms. The van der Waals surface area contributed by atoms with Gasteiger partial charge >= 0.3 is 5.97 Å². The van der Waals surface area contributed by atoms with E-state index in [9.17, 15) is 14.4 Å². The number of nitrogens with one attached hydrogen (secondary N) is 1. The smallest absolute Gasteiger partial charge is 0.312 e. The van der Waals surface area contributed by atoms with Crippen molar-refractivity contribution < 1.29 is 19.1 Å². The lowest BCUT2D eigenvalue weighted by Crippen LogP contribution is -2.51. The Morgan fingerprint density at radius 2 is 1.67 bits per heavy atom. The highest BCUT2D eigenvalue weighted by Gasteiger charge is 2.55. The Hall–Kier alpha value is -2.17. The number of carbonyl (C=O) groups excluding carboxylic acids is 3. The average molecular weight is 369 g/mol. The number of carbonyl (C=O) groups is 3. The van der Waals surface area contributed by atoms with Crippen molar-refractivity contribution in [3.05, 3.63) is 29.8 Å². The van der Waals surface area contributed by atoms with Gasteiger partial charge in [0.05, 0.1) is 5.41 Å². The molecule has 1 N–H and O–H groups in total. The summed E-state index contributed by atoms with van der Waals surface area (Å²) in [5.74, 6) is 1.34. The van der Waals surface area contributed by atoms with Gasteiger partial charge < -0.3 is 10.1 Å². The fourth-order valence-electron chi connectivity index (χ4n) is 5.76. The van der Waals surface area contributed by atoms with Crippen LogP contribution < -0.4 is 5.32 Å². The zero-order valence-electron chi connectivity index (χ0n) is 16.0. The van der Waals surface area contributed by atoms with Crippen LogP contribution in [0.25, 0.3) is 0 Å². The normalized spacial score (nSPS) is 32.0. The molecule has 0 saturated heterocycles. The summed E-state index contributed by atoms with van der Waals surface area (Å²) in [6, 6.07) is 6.78. The number of hydrogen-bond acceptors (Lipinski definition) is 4. The largest absolute Gasteiger partial charge is 0.452 e. The number of ketones is 1. The van der Waals surface area contributed by atoms with Crippen molar-refractivity contribution in [1.29, 1.82) is 0 Å². The third-order valence-corrected chi connectivity index (χ3v) is 6.66. The van der Waals surface area contributed by atoms with Gasteiger partial charge in [-0.15, -0.1) is 0 Å². The number of esters is 1. The molecule has 0 aliphatic heterocycles. The number of amides is 1. The molecule has 4 aliphatic carbocycles. The van der Waals surface area contributed by atoms with Crippen molar-refractivity contribution in [3.8, 4) is 0 Å². The minimum atomic E-state index is -0.855. The van der Waals surface area contributed by atoms with Crippen molar-refractivity contribution in [2.45, 2.75) is 58.5 Å². The first-order valence-corrected chi connectivity index (χ1v) is 9.97. The van der Waals surface area contributed by atoms with E-state index in [1.165, 1.54) is 26.2 Å². The Kier molecular flexibility index (Phi) is 4.57. The van der Waals surface area contributed by atoms with Crippen molar-refractivity contribution >= 4 is 23.3 Å². The first-order chi connectivity index (χ1) is 12.8. The maximum absolute atomic E-state index is 13.0. The molecule has 0 radical (unpaired) electrons. The second-order valence-corrected chi connectivity index (χ2v) is 8.87. The molecule has 4 saturated carbocycles. The van der Waals surface area contributed by atoms with Crippen LogP contribution in [0.5, 0.6) is 0 Å². The number of hydrogen-bond donors (Lipinski definition) is 1. The van der Waals surface area contributed by atoms with Gasteiger partial charge in [0.15, 0.2) is 11.9 Å². The molecular weight excluding hydrogens is 342 g/mol. The summed E-state index contributed by atoms with van der Waals surface area (Å²) in [7, 11) is 0. The summed E-state index contributed by atoms with van der Waals surface area (Å²) < 4.78 is 5.63. The van der Waals surface area contributed by atoms with Crippen LogP contribution in [0.3, 0.4) is 0 Å². The third-order valence-electron chi connectivity index (χ3n) is 6.66. The summed E-state index contributed by atoms with van der Waals surface area (Å²) in [4.78, 5) is 36.9. The van der Waals surface area contributed by atoms with Gasteiger partial charge in [-0.1, -0.05) is 12.1 Å². The quantitative estimate of drug-likeness (QED) is 0.629. The molecule has 5 nitrogen and oxygen atoms in total. The van der Waals surface area contributed by atoms with Crippen molar-refractivity contribution in [3.63, 3.8) is 0 Å². The molecule has 5 heteroatoms. The van der Waals surface area contributed by atoms with E-state index in [0.29, 0.717) is 29.0 Å². The lowest BCUT2D eigenvalue weighted by molar-refractivity contribution is -0.177. The van der Waals surface area contributed by atoms with E-state index in [1.807, 2.05) is 0 Å². The molecule has 1 amide bonds. The van der Waals surface area contributed by atoms with Crippen LogP contribution >= 0.6 is 0 Å². The van der Waals surface area contributed by atoms with Crippen molar-refractivity contribution in [2.75, 3.05) is 5.32 Å². The van der Waals surface area contributed by atoms with E-state index in [4.69, 9.17) is 4.74 Å². The molecule has 0 heterocycles. The fraction of sp³-hybridized carbons (Fsp3) is 0.591. The molecule has 4 fully saturated rings. The van der Waals surface area contributed by atoms with E-state index in [1.54, 1.807) is 31.2 Å². The summed E-state index contributed by atoms with van der Waals surface area (Å²) in [6.45, 7) is 3.10. The molecule has 1 atom stereocenters. The minimum Gasteiger partial charge on any atom is -0.452 e. The van der Waals surface area contributed by atoms with E-state index < -0.39 is 6.10 Å². The molecule has 0 aromatic heterocycles. The van der Waals surface area contributed by atoms with E-state index in [2.05, 4.69) is 5.32 Å². The number of Topliss-reactive ketones (excluding diaryl/α,β-unsaturated/α-hetero) is 1. The van der Waals surface area contributed by atoms with Gasteiger partial charge in [0, 0.05) is 11.3 Å². The van der Waals surface area contributed by atoms with Crippen LogP contribution in [0.1, 0.15) is 62.7 Å². The highest BCUT2D eigenvalue weighted by Crippen LogP contribution is 2.60. The Bertz CT molecular complexity index is 749. The van der Waals surface area contributed by atoms with Gasteiger partial charge in [-0.05, 0) is 82.3 Å². The molecule has 5 rings (SSSR count). The van der Waals surface area contributed by atoms with Gasteiger partial charge in [0.2, 0.25) is 0 Å². The van der Waals surface area contributed by atoms with Crippen LogP contribution in [0.4, 0.5) is 5.69 Å². The summed E-state index contributed by atoms with van der Waals surface area (Å²) in [6.07, 6.45) is 5.69. The van der Waals surface area contributed by atoms with Gasteiger partial charge in [-0.3, -0.25) is 14.4 Å². The van der Waals surface area contributed by atoms with Gasteiger partial charge in [-0.2, -0.15) is 0 Å². The molecule has 1 aromatic rings. The number of ether oxygens (including phenoxy) is 1. The predicted molar refractivity (Wildman–Crippen MR) is 101 cm³/mol. The maximum Gasteiger partial charge on any atom is 0.312 e. The van der Waals surface area contributed by atoms with Gasteiger partial charge in [0.25, 0.3) is 5.91 Å². The van der Waals surface area contributed by atoms with E-state index >= 15 is 0 Å². The van der Waals surface area contributed by atoms with Crippen LogP contribution in [-0.4, -0.2) is 23.8 Å². The van der Waals surface area contributed by atoms with E-state index in [0.717, 1.165) is 19.3 Å². The molecule has 144 valence electrons. The number of rotatable bonds is 5. The highest BCUT2D eigenvalue weighted by atomic mass is 16.5. The Balaban J connectivity index is 1.39. The van der Waals surface area contributed by atoms with Crippen LogP contribution in [0.15, 0.2) is 24.3 Å². The minimum absolute atomic E-state index is 0.0626. The van der Waals surface area contributed by atoms with Crippen LogP contribution in [0.2, 0.25) is 0 Å². The molecular formula is C22H27NO4. The highest BCUT2D eigenvalue weighted by molar-refractivity contribution is 5.98. The topological polar surface area (TPSA) is 72.5 Å². The molecule has 0 spiro atoms. The zero-order valence-corrected chi connectivity index (χ0v) is 16.0. The Morgan fingerprint density at radius 3 is 2.22 bits per heavy atom. The molecule has 0 unspecified atom stereocenters. The lowest BCUT2D eigenvalue weighted by atomic mass is 9.49. The first kappa shape index (κ1) is 18.2. The maximum atomic E-state index is 13.0. The van der Waals surface area contributed by atoms with Crippen molar-refractivity contribution in [2.24, 2.45) is 23.2 Å². The number of benzene rings is 1. The van der Waals surface area contributed by atoms with Crippen molar-refractivity contribution in [1.82, 2.24) is 0 Å². The summed E-state index contributed by atoms with van der Waals surface area (Å²) >= 11 is 0. The zero-order chi connectivity index (χ0) is 19.2. The van der Waals surface area contributed by atoms with Gasteiger partial charge in [0.1, 0.15) is 0 Å². The average Bonchev–Trinajstić information content (AvgIpc) is 2.60. The Labute approximate surface area is 159 Å². The van der Waals surface area contributed by atoms with Gasteiger partial charge in [-0.25, -0.2) is 0 Å². The fourth-order valence-corrected chi connectivity index (χ4v) is 5.76. The van der Waals surface area contributed by atoms with E-state index in [-0.39, 0.29) is 23.1 Å².